The molecule has 0 fully saturated rings. The molecule has 0 spiro atoms. The first-order chi connectivity index (χ1) is 9.83. The minimum atomic E-state index is 0.729. The molecule has 0 bridgehead atoms. The van der Waals surface area contributed by atoms with Gasteiger partial charge in [0.15, 0.2) is 5.16 Å². The molecule has 100 valence electrons. The maximum atomic E-state index is 6.18. The second-order valence-corrected chi connectivity index (χ2v) is 6.15. The summed E-state index contributed by atoms with van der Waals surface area (Å²) in [6.07, 6.45) is 3.48. The molecule has 0 aliphatic carbocycles. The zero-order valence-electron chi connectivity index (χ0n) is 10.4. The monoisotopic (exact) mass is 319 g/mol. The lowest BCUT2D eigenvalue weighted by Crippen LogP contribution is -1.86. The van der Waals surface area contributed by atoms with Crippen LogP contribution in [0.3, 0.4) is 0 Å². The van der Waals surface area contributed by atoms with E-state index in [1.165, 1.54) is 0 Å². The van der Waals surface area contributed by atoms with Crippen LogP contribution in [0, 0.1) is 0 Å². The molecule has 0 aliphatic heterocycles. The van der Waals surface area contributed by atoms with Gasteiger partial charge in [0.05, 0.1) is 10.7 Å². The van der Waals surface area contributed by atoms with Crippen molar-refractivity contribution in [3.8, 4) is 10.6 Å². The molecule has 0 saturated carbocycles. The first-order valence-electron chi connectivity index (χ1n) is 5.92. The molecule has 20 heavy (non-hydrogen) atoms. The van der Waals surface area contributed by atoms with Gasteiger partial charge in [-0.15, -0.1) is 11.3 Å². The Hall–Kier alpha value is -1.43. The summed E-state index contributed by atoms with van der Waals surface area (Å²) < 4.78 is 0. The number of halogens is 1. The highest BCUT2D eigenvalue weighted by molar-refractivity contribution is 7.98. The standard InChI is InChI=1S/C14H10ClN3S2/c15-12-5-2-1-4-11(12)13-18-10(8-19-13)9-20-14-16-6-3-7-17-14/h1-8H,9H2. The van der Waals surface area contributed by atoms with E-state index in [4.69, 9.17) is 11.6 Å². The van der Waals surface area contributed by atoms with E-state index in [1.54, 1.807) is 35.5 Å². The van der Waals surface area contributed by atoms with E-state index in [0.29, 0.717) is 0 Å². The van der Waals surface area contributed by atoms with Gasteiger partial charge in [-0.3, -0.25) is 0 Å². The molecule has 6 heteroatoms. The number of aromatic nitrogens is 3. The minimum absolute atomic E-state index is 0.729. The zero-order valence-corrected chi connectivity index (χ0v) is 12.8. The number of benzene rings is 1. The van der Waals surface area contributed by atoms with E-state index in [0.717, 1.165) is 32.2 Å². The van der Waals surface area contributed by atoms with E-state index in [-0.39, 0.29) is 0 Å². The number of hydrogen-bond acceptors (Lipinski definition) is 5. The Balaban J connectivity index is 1.73. The quantitative estimate of drug-likeness (QED) is 0.522. The van der Waals surface area contributed by atoms with Crippen molar-refractivity contribution in [3.63, 3.8) is 0 Å². The lowest BCUT2D eigenvalue weighted by atomic mass is 10.2. The summed E-state index contributed by atoms with van der Waals surface area (Å²) in [6.45, 7) is 0. The summed E-state index contributed by atoms with van der Waals surface area (Å²) in [5.74, 6) is 0.755. The maximum Gasteiger partial charge on any atom is 0.187 e. The number of thiazole rings is 1. The van der Waals surface area contributed by atoms with Crippen molar-refractivity contribution in [1.82, 2.24) is 15.0 Å². The first-order valence-corrected chi connectivity index (χ1v) is 8.16. The summed E-state index contributed by atoms with van der Waals surface area (Å²) in [7, 11) is 0. The highest BCUT2D eigenvalue weighted by atomic mass is 35.5. The van der Waals surface area contributed by atoms with E-state index in [1.807, 2.05) is 30.3 Å². The SMILES string of the molecule is Clc1ccccc1-c1nc(CSc2ncccn2)cs1. The third-order valence-electron chi connectivity index (χ3n) is 2.55. The Kier molecular flexibility index (Phi) is 4.30. The Morgan fingerprint density at radius 1 is 1.10 bits per heavy atom. The number of nitrogens with zero attached hydrogens (tertiary/aromatic N) is 3. The molecule has 0 atom stereocenters. The second kappa shape index (κ2) is 6.35. The van der Waals surface area contributed by atoms with Crippen LogP contribution >= 0.6 is 34.7 Å². The molecule has 1 aromatic carbocycles. The van der Waals surface area contributed by atoms with Gasteiger partial charge < -0.3 is 0 Å². The molecule has 2 aromatic heterocycles. The topological polar surface area (TPSA) is 38.7 Å². The number of thioether (sulfide) groups is 1. The van der Waals surface area contributed by atoms with Crippen molar-refractivity contribution in [3.05, 3.63) is 58.8 Å². The molecule has 3 aromatic rings. The average molecular weight is 320 g/mol. The van der Waals surface area contributed by atoms with Crippen molar-refractivity contribution < 1.29 is 0 Å². The summed E-state index contributed by atoms with van der Waals surface area (Å²) in [5.41, 5.74) is 1.99. The largest absolute Gasteiger partial charge is 0.240 e. The Morgan fingerprint density at radius 2 is 1.90 bits per heavy atom. The molecule has 2 heterocycles. The maximum absolute atomic E-state index is 6.18. The van der Waals surface area contributed by atoms with Gasteiger partial charge in [-0.2, -0.15) is 0 Å². The highest BCUT2D eigenvalue weighted by Gasteiger charge is 2.08. The zero-order chi connectivity index (χ0) is 13.8. The molecule has 0 radical (unpaired) electrons. The molecule has 3 nitrogen and oxygen atoms in total. The lowest BCUT2D eigenvalue weighted by molar-refractivity contribution is 0.965. The Morgan fingerprint density at radius 3 is 2.70 bits per heavy atom. The third-order valence-corrected chi connectivity index (χ3v) is 4.71. The smallest absolute Gasteiger partial charge is 0.187 e. The summed E-state index contributed by atoms with van der Waals surface area (Å²) in [5, 5.41) is 4.49. The average Bonchev–Trinajstić information content (AvgIpc) is 2.95. The van der Waals surface area contributed by atoms with E-state index in [9.17, 15) is 0 Å². The van der Waals surface area contributed by atoms with Crippen molar-refractivity contribution in [2.45, 2.75) is 10.9 Å². The number of rotatable bonds is 4. The van der Waals surface area contributed by atoms with Crippen LogP contribution in [-0.4, -0.2) is 15.0 Å². The molecular weight excluding hydrogens is 310 g/mol. The summed E-state index contributed by atoms with van der Waals surface area (Å²) in [6, 6.07) is 9.56. The van der Waals surface area contributed by atoms with Crippen LogP contribution < -0.4 is 0 Å². The van der Waals surface area contributed by atoms with Gasteiger partial charge in [0.2, 0.25) is 0 Å². The van der Waals surface area contributed by atoms with Gasteiger partial charge in [-0.05, 0) is 12.1 Å². The van der Waals surface area contributed by atoms with Crippen LogP contribution in [0.2, 0.25) is 5.02 Å². The lowest BCUT2D eigenvalue weighted by Gasteiger charge is -1.99. The van der Waals surface area contributed by atoms with Crippen molar-refractivity contribution >= 4 is 34.7 Å². The highest BCUT2D eigenvalue weighted by Crippen LogP contribution is 2.31. The normalized spacial score (nSPS) is 10.7. The molecule has 0 amide bonds. The molecule has 3 rings (SSSR count). The van der Waals surface area contributed by atoms with Gasteiger partial charge in [0, 0.05) is 29.1 Å². The van der Waals surface area contributed by atoms with E-state index < -0.39 is 0 Å². The molecule has 0 saturated heterocycles. The van der Waals surface area contributed by atoms with Crippen LogP contribution in [0.1, 0.15) is 5.69 Å². The second-order valence-electron chi connectivity index (χ2n) is 3.94. The fraction of sp³-hybridized carbons (Fsp3) is 0.0714. The van der Waals surface area contributed by atoms with Gasteiger partial charge in [-0.25, -0.2) is 15.0 Å². The third kappa shape index (κ3) is 3.17. The van der Waals surface area contributed by atoms with E-state index >= 15 is 0 Å². The molecule has 0 aliphatic rings. The predicted octanol–water partition coefficient (Wildman–Crippen LogP) is 4.55. The summed E-state index contributed by atoms with van der Waals surface area (Å²) >= 11 is 9.36. The van der Waals surface area contributed by atoms with E-state index in [2.05, 4.69) is 20.3 Å². The minimum Gasteiger partial charge on any atom is -0.240 e. The van der Waals surface area contributed by atoms with Crippen molar-refractivity contribution in [2.75, 3.05) is 0 Å². The van der Waals surface area contributed by atoms with Crippen molar-refractivity contribution in [1.29, 1.82) is 0 Å². The van der Waals surface area contributed by atoms with Crippen molar-refractivity contribution in [2.24, 2.45) is 0 Å². The van der Waals surface area contributed by atoms with Crippen LogP contribution in [-0.2, 0) is 5.75 Å². The molecule has 0 unspecified atom stereocenters. The van der Waals surface area contributed by atoms with Crippen LogP contribution in [0.15, 0.2) is 53.3 Å². The fourth-order valence-corrected chi connectivity index (χ4v) is 3.57. The number of hydrogen-bond donors (Lipinski definition) is 0. The van der Waals surface area contributed by atoms with Crippen LogP contribution in [0.4, 0.5) is 0 Å². The van der Waals surface area contributed by atoms with Gasteiger partial charge >= 0.3 is 0 Å². The Bertz CT molecular complexity index is 700. The first kappa shape index (κ1) is 13.5. The summed E-state index contributed by atoms with van der Waals surface area (Å²) in [4.78, 5) is 13.0. The van der Waals surface area contributed by atoms with Crippen LogP contribution in [0.25, 0.3) is 10.6 Å². The van der Waals surface area contributed by atoms with Crippen LogP contribution in [0.5, 0.6) is 0 Å². The Labute approximate surface area is 130 Å². The molecular formula is C14H10ClN3S2. The fourth-order valence-electron chi connectivity index (χ4n) is 1.63. The van der Waals surface area contributed by atoms with Gasteiger partial charge in [0.25, 0.3) is 0 Å². The predicted molar refractivity (Wildman–Crippen MR) is 84.2 cm³/mol. The molecule has 0 N–H and O–H groups in total. The van der Waals surface area contributed by atoms with Gasteiger partial charge in [-0.1, -0.05) is 41.6 Å². The van der Waals surface area contributed by atoms with Gasteiger partial charge in [0.1, 0.15) is 5.01 Å².